The number of fused-ring (bicyclic) bond motifs is 3. The van der Waals surface area contributed by atoms with Crippen molar-refractivity contribution in [2.24, 2.45) is 0 Å². The Morgan fingerprint density at radius 2 is 1.91 bits per heavy atom. The predicted octanol–water partition coefficient (Wildman–Crippen LogP) is 1.60. The topological polar surface area (TPSA) is 97.8 Å². The molecule has 2 saturated heterocycles. The van der Waals surface area contributed by atoms with Gasteiger partial charge in [-0.15, -0.1) is 0 Å². The third kappa shape index (κ3) is 4.05. The standard InChI is InChI=1S/C23H30N8O2/c1-3-25-23-26-14-20-21(27-23)30-6-4-5-17(30)15-31(22(20)33)19-11-18(12-24-13-19)29-9-7-28(8-10-29)16(2)32/h11-14,17H,3-10,15H2,1-2H3,(H,25,26,27). The average Bonchev–Trinajstić information content (AvgIpc) is 3.26. The van der Waals surface area contributed by atoms with Crippen molar-refractivity contribution in [1.82, 2.24) is 19.9 Å². The molecule has 0 spiro atoms. The molecule has 0 aliphatic carbocycles. The van der Waals surface area contributed by atoms with Crippen LogP contribution in [0.4, 0.5) is 23.1 Å². The van der Waals surface area contributed by atoms with Crippen molar-refractivity contribution in [3.63, 3.8) is 0 Å². The molecule has 33 heavy (non-hydrogen) atoms. The summed E-state index contributed by atoms with van der Waals surface area (Å²) in [5.41, 5.74) is 2.28. The molecule has 2 aromatic heterocycles. The van der Waals surface area contributed by atoms with Gasteiger partial charge in [-0.1, -0.05) is 0 Å². The number of hydrogen-bond donors (Lipinski definition) is 1. The minimum absolute atomic E-state index is 0.0946. The van der Waals surface area contributed by atoms with Crippen LogP contribution in [0.2, 0.25) is 0 Å². The molecule has 1 atom stereocenters. The van der Waals surface area contributed by atoms with Gasteiger partial charge < -0.3 is 24.9 Å². The smallest absolute Gasteiger partial charge is 0.263 e. The molecule has 0 aromatic carbocycles. The van der Waals surface area contributed by atoms with E-state index < -0.39 is 0 Å². The van der Waals surface area contributed by atoms with Crippen LogP contribution in [-0.2, 0) is 4.79 Å². The Bertz CT molecular complexity index is 1050. The van der Waals surface area contributed by atoms with Gasteiger partial charge in [-0.25, -0.2) is 4.98 Å². The van der Waals surface area contributed by atoms with Crippen LogP contribution in [0.15, 0.2) is 24.7 Å². The van der Waals surface area contributed by atoms with Gasteiger partial charge in [0, 0.05) is 65.0 Å². The second kappa shape index (κ2) is 8.84. The fourth-order valence-electron chi connectivity index (χ4n) is 4.97. The third-order valence-corrected chi connectivity index (χ3v) is 6.73. The molecule has 0 bridgehead atoms. The van der Waals surface area contributed by atoms with Crippen LogP contribution in [0.3, 0.4) is 0 Å². The molecule has 0 radical (unpaired) electrons. The second-order valence-electron chi connectivity index (χ2n) is 8.76. The van der Waals surface area contributed by atoms with E-state index >= 15 is 0 Å². The first-order valence-electron chi connectivity index (χ1n) is 11.7. The summed E-state index contributed by atoms with van der Waals surface area (Å²) < 4.78 is 0. The van der Waals surface area contributed by atoms with Crippen LogP contribution in [0.1, 0.15) is 37.0 Å². The lowest BCUT2D eigenvalue weighted by atomic mass is 10.2. The number of nitrogens with zero attached hydrogens (tertiary/aromatic N) is 7. The number of nitrogens with one attached hydrogen (secondary N) is 1. The number of amides is 2. The quantitative estimate of drug-likeness (QED) is 0.750. The molecule has 1 N–H and O–H groups in total. The minimum atomic E-state index is -0.0946. The summed E-state index contributed by atoms with van der Waals surface area (Å²) in [6, 6.07) is 2.24. The van der Waals surface area contributed by atoms with Crippen molar-refractivity contribution >= 4 is 35.0 Å². The summed E-state index contributed by atoms with van der Waals surface area (Å²) >= 11 is 0. The summed E-state index contributed by atoms with van der Waals surface area (Å²) in [6.45, 7) is 8.70. The van der Waals surface area contributed by atoms with Gasteiger partial charge in [0.2, 0.25) is 11.9 Å². The number of pyridine rings is 1. The van der Waals surface area contributed by atoms with E-state index in [1.54, 1.807) is 19.3 Å². The highest BCUT2D eigenvalue weighted by Gasteiger charge is 2.37. The molecule has 5 heterocycles. The monoisotopic (exact) mass is 450 g/mol. The zero-order valence-corrected chi connectivity index (χ0v) is 19.2. The summed E-state index contributed by atoms with van der Waals surface area (Å²) in [5, 5.41) is 3.16. The first-order valence-corrected chi connectivity index (χ1v) is 11.7. The Labute approximate surface area is 193 Å². The van der Waals surface area contributed by atoms with Crippen LogP contribution < -0.4 is 20.0 Å². The number of carbonyl (C=O) groups is 2. The van der Waals surface area contributed by atoms with E-state index in [9.17, 15) is 9.59 Å². The first-order chi connectivity index (χ1) is 16.0. The van der Waals surface area contributed by atoms with Gasteiger partial charge in [0.05, 0.1) is 23.8 Å². The molecule has 5 rings (SSSR count). The van der Waals surface area contributed by atoms with Gasteiger partial charge in [-0.2, -0.15) is 4.98 Å². The normalized spacial score (nSPS) is 20.4. The molecule has 2 aromatic rings. The van der Waals surface area contributed by atoms with Crippen LogP contribution in [-0.4, -0.2) is 83.5 Å². The highest BCUT2D eigenvalue weighted by Crippen LogP contribution is 2.34. The molecular weight excluding hydrogens is 420 g/mol. The average molecular weight is 451 g/mol. The molecular formula is C23H30N8O2. The van der Waals surface area contributed by atoms with E-state index in [4.69, 9.17) is 4.98 Å². The van der Waals surface area contributed by atoms with E-state index in [0.717, 1.165) is 56.2 Å². The molecule has 3 aliphatic rings. The van der Waals surface area contributed by atoms with Gasteiger partial charge in [0.25, 0.3) is 5.91 Å². The predicted molar refractivity (Wildman–Crippen MR) is 127 cm³/mol. The SMILES string of the molecule is CCNc1ncc2c(n1)N1CCCC1CN(c1cncc(N3CCN(C(C)=O)CC3)c1)C2=O. The molecule has 10 heteroatoms. The second-order valence-corrected chi connectivity index (χ2v) is 8.76. The van der Waals surface area contributed by atoms with E-state index in [0.29, 0.717) is 31.1 Å². The van der Waals surface area contributed by atoms with Gasteiger partial charge in [0.15, 0.2) is 0 Å². The Kier molecular flexibility index (Phi) is 5.74. The summed E-state index contributed by atoms with van der Waals surface area (Å²) in [5.74, 6) is 1.29. The molecule has 2 fully saturated rings. The van der Waals surface area contributed by atoms with Crippen molar-refractivity contribution in [3.8, 4) is 0 Å². The fraction of sp³-hybridized carbons (Fsp3) is 0.522. The molecule has 1 unspecified atom stereocenters. The van der Waals surface area contributed by atoms with Crippen molar-refractivity contribution < 1.29 is 9.59 Å². The third-order valence-electron chi connectivity index (χ3n) is 6.73. The summed E-state index contributed by atoms with van der Waals surface area (Å²) in [6.07, 6.45) is 7.33. The van der Waals surface area contributed by atoms with Crippen molar-refractivity contribution in [1.29, 1.82) is 0 Å². The van der Waals surface area contributed by atoms with Crippen LogP contribution in [0.5, 0.6) is 0 Å². The minimum Gasteiger partial charge on any atom is -0.367 e. The van der Waals surface area contributed by atoms with Crippen molar-refractivity contribution in [3.05, 3.63) is 30.2 Å². The maximum atomic E-state index is 13.7. The van der Waals surface area contributed by atoms with E-state index in [-0.39, 0.29) is 17.9 Å². The van der Waals surface area contributed by atoms with E-state index in [1.165, 1.54) is 0 Å². The number of hydrogen-bond acceptors (Lipinski definition) is 8. The maximum Gasteiger partial charge on any atom is 0.263 e. The lowest BCUT2D eigenvalue weighted by molar-refractivity contribution is -0.129. The number of anilines is 4. The van der Waals surface area contributed by atoms with Crippen LogP contribution in [0.25, 0.3) is 0 Å². The zero-order chi connectivity index (χ0) is 22.9. The molecule has 3 aliphatic heterocycles. The number of piperazine rings is 1. The summed E-state index contributed by atoms with van der Waals surface area (Å²) in [7, 11) is 0. The highest BCUT2D eigenvalue weighted by atomic mass is 16.2. The van der Waals surface area contributed by atoms with Crippen LogP contribution >= 0.6 is 0 Å². The Morgan fingerprint density at radius 1 is 1.12 bits per heavy atom. The maximum absolute atomic E-state index is 13.7. The molecule has 0 saturated carbocycles. The van der Waals surface area contributed by atoms with E-state index in [1.807, 2.05) is 29.0 Å². The molecule has 2 amide bonds. The van der Waals surface area contributed by atoms with Crippen molar-refractivity contribution in [2.45, 2.75) is 32.7 Å². The van der Waals surface area contributed by atoms with E-state index in [2.05, 4.69) is 25.1 Å². The Balaban J connectivity index is 1.44. The van der Waals surface area contributed by atoms with Gasteiger partial charge >= 0.3 is 0 Å². The van der Waals surface area contributed by atoms with Gasteiger partial charge in [0.1, 0.15) is 11.4 Å². The fourth-order valence-corrected chi connectivity index (χ4v) is 4.97. The summed E-state index contributed by atoms with van der Waals surface area (Å²) in [4.78, 5) is 47.0. The number of carbonyl (C=O) groups excluding carboxylic acids is 2. The lowest BCUT2D eigenvalue weighted by Crippen LogP contribution is -2.48. The molecule has 174 valence electrons. The highest BCUT2D eigenvalue weighted by molar-refractivity contribution is 6.10. The number of rotatable bonds is 4. The van der Waals surface area contributed by atoms with Crippen LogP contribution in [0, 0.1) is 0 Å². The number of aromatic nitrogens is 3. The zero-order valence-electron chi connectivity index (χ0n) is 19.2. The molecule has 10 nitrogen and oxygen atoms in total. The lowest BCUT2D eigenvalue weighted by Gasteiger charge is -2.36. The Morgan fingerprint density at radius 3 is 2.67 bits per heavy atom. The van der Waals surface area contributed by atoms with Gasteiger partial charge in [-0.3, -0.25) is 14.6 Å². The van der Waals surface area contributed by atoms with Gasteiger partial charge in [-0.05, 0) is 25.8 Å². The largest absolute Gasteiger partial charge is 0.367 e. The van der Waals surface area contributed by atoms with Crippen molar-refractivity contribution in [2.75, 3.05) is 65.8 Å². The first kappa shape index (κ1) is 21.4. The Hall–Kier alpha value is -3.43.